The summed E-state index contributed by atoms with van der Waals surface area (Å²) in [7, 11) is 0. The Morgan fingerprint density at radius 1 is 1.50 bits per heavy atom. The zero-order chi connectivity index (χ0) is 10.8. The Morgan fingerprint density at radius 2 is 2.25 bits per heavy atom. The van der Waals surface area contributed by atoms with Crippen LogP contribution in [0.4, 0.5) is 10.5 Å². The molecule has 2 rings (SSSR count). The number of hydrogen-bond acceptors (Lipinski definition) is 3. The summed E-state index contributed by atoms with van der Waals surface area (Å²) in [6.45, 7) is 1.33. The number of ether oxygens (including phenoxy) is 1. The van der Waals surface area contributed by atoms with Crippen molar-refractivity contribution in [2.45, 2.75) is 6.54 Å². The lowest BCUT2D eigenvalue weighted by molar-refractivity contribution is 0.181. The SMILES string of the molecule is Cl.NCc1cc(Cl)ccc1N1CCOC1=O. The van der Waals surface area contributed by atoms with Gasteiger partial charge in [0, 0.05) is 11.6 Å². The van der Waals surface area contributed by atoms with Crippen LogP contribution in [-0.4, -0.2) is 19.2 Å². The van der Waals surface area contributed by atoms with E-state index in [2.05, 4.69) is 0 Å². The number of nitrogens with zero attached hydrogens (tertiary/aromatic N) is 1. The molecule has 0 unspecified atom stereocenters. The predicted octanol–water partition coefficient (Wildman–Crippen LogP) is 2.18. The second-order valence-corrected chi connectivity index (χ2v) is 3.68. The first-order valence-corrected chi connectivity index (χ1v) is 5.03. The molecule has 1 fully saturated rings. The van der Waals surface area contributed by atoms with E-state index in [0.29, 0.717) is 24.7 Å². The number of benzene rings is 1. The van der Waals surface area contributed by atoms with E-state index >= 15 is 0 Å². The number of nitrogens with two attached hydrogens (primary N) is 1. The summed E-state index contributed by atoms with van der Waals surface area (Å²) in [5.41, 5.74) is 7.23. The average Bonchev–Trinajstić information content (AvgIpc) is 2.64. The third-order valence-corrected chi connectivity index (χ3v) is 2.55. The number of cyclic esters (lactones) is 1. The monoisotopic (exact) mass is 262 g/mol. The fourth-order valence-electron chi connectivity index (χ4n) is 1.59. The van der Waals surface area contributed by atoms with Crippen molar-refractivity contribution in [3.8, 4) is 0 Å². The molecule has 1 aromatic carbocycles. The molecule has 0 spiro atoms. The summed E-state index contributed by atoms with van der Waals surface area (Å²) in [6, 6.07) is 5.29. The molecule has 0 saturated carbocycles. The maximum atomic E-state index is 11.4. The Balaban J connectivity index is 0.00000128. The Morgan fingerprint density at radius 3 is 2.81 bits per heavy atom. The quantitative estimate of drug-likeness (QED) is 0.889. The first kappa shape index (κ1) is 13.1. The van der Waals surface area contributed by atoms with Gasteiger partial charge in [-0.3, -0.25) is 4.90 Å². The molecule has 0 bridgehead atoms. The first-order chi connectivity index (χ1) is 7.22. The van der Waals surface area contributed by atoms with Crippen LogP contribution >= 0.6 is 24.0 Å². The number of carbonyl (C=O) groups excluding carboxylic acids is 1. The van der Waals surface area contributed by atoms with Crippen LogP contribution in [0.5, 0.6) is 0 Å². The summed E-state index contributed by atoms with van der Waals surface area (Å²) in [6.07, 6.45) is -0.327. The lowest BCUT2D eigenvalue weighted by Gasteiger charge is -2.16. The van der Waals surface area contributed by atoms with Crippen LogP contribution in [0.2, 0.25) is 5.02 Å². The maximum Gasteiger partial charge on any atom is 0.414 e. The van der Waals surface area contributed by atoms with E-state index in [0.717, 1.165) is 11.3 Å². The lowest BCUT2D eigenvalue weighted by Crippen LogP contribution is -2.25. The smallest absolute Gasteiger partial charge is 0.414 e. The van der Waals surface area contributed by atoms with Crippen LogP contribution < -0.4 is 10.6 Å². The molecule has 2 N–H and O–H groups in total. The molecule has 16 heavy (non-hydrogen) atoms. The summed E-state index contributed by atoms with van der Waals surface area (Å²) in [5.74, 6) is 0. The summed E-state index contributed by atoms with van der Waals surface area (Å²) < 4.78 is 4.86. The summed E-state index contributed by atoms with van der Waals surface area (Å²) in [4.78, 5) is 12.9. The van der Waals surface area contributed by atoms with Crippen molar-refractivity contribution in [1.29, 1.82) is 0 Å². The highest BCUT2D eigenvalue weighted by molar-refractivity contribution is 6.30. The van der Waals surface area contributed by atoms with Crippen LogP contribution in [-0.2, 0) is 11.3 Å². The van der Waals surface area contributed by atoms with E-state index in [1.165, 1.54) is 0 Å². The molecule has 6 heteroatoms. The van der Waals surface area contributed by atoms with Gasteiger partial charge in [0.1, 0.15) is 6.61 Å². The molecule has 0 aliphatic carbocycles. The molecule has 88 valence electrons. The van der Waals surface area contributed by atoms with Crippen LogP contribution in [0.25, 0.3) is 0 Å². The molecule has 1 heterocycles. The number of rotatable bonds is 2. The van der Waals surface area contributed by atoms with Gasteiger partial charge < -0.3 is 10.5 Å². The van der Waals surface area contributed by atoms with Crippen molar-refractivity contribution >= 4 is 35.8 Å². The zero-order valence-corrected chi connectivity index (χ0v) is 10.1. The normalized spacial score (nSPS) is 14.6. The van der Waals surface area contributed by atoms with E-state index in [9.17, 15) is 4.79 Å². The van der Waals surface area contributed by atoms with Gasteiger partial charge in [-0.05, 0) is 23.8 Å². The van der Waals surface area contributed by atoms with E-state index in [1.54, 1.807) is 23.1 Å². The summed E-state index contributed by atoms with van der Waals surface area (Å²) >= 11 is 5.85. The predicted molar refractivity (Wildman–Crippen MR) is 65.3 cm³/mol. The van der Waals surface area contributed by atoms with E-state index in [4.69, 9.17) is 22.1 Å². The van der Waals surface area contributed by atoms with Gasteiger partial charge in [-0.1, -0.05) is 11.6 Å². The molecule has 1 saturated heterocycles. The van der Waals surface area contributed by atoms with Crippen molar-refractivity contribution in [3.05, 3.63) is 28.8 Å². The molecule has 1 aromatic rings. The van der Waals surface area contributed by atoms with Crippen LogP contribution in [0.15, 0.2) is 18.2 Å². The minimum atomic E-state index is -0.327. The van der Waals surface area contributed by atoms with Crippen molar-refractivity contribution in [1.82, 2.24) is 0 Å². The van der Waals surface area contributed by atoms with Gasteiger partial charge >= 0.3 is 6.09 Å². The lowest BCUT2D eigenvalue weighted by atomic mass is 10.1. The molecule has 4 nitrogen and oxygen atoms in total. The number of anilines is 1. The largest absolute Gasteiger partial charge is 0.447 e. The van der Waals surface area contributed by atoms with Gasteiger partial charge in [-0.15, -0.1) is 12.4 Å². The molecule has 0 radical (unpaired) electrons. The minimum Gasteiger partial charge on any atom is -0.447 e. The highest BCUT2D eigenvalue weighted by Crippen LogP contribution is 2.26. The molecule has 1 amide bonds. The second kappa shape index (κ2) is 5.39. The van der Waals surface area contributed by atoms with Crippen molar-refractivity contribution in [2.75, 3.05) is 18.1 Å². The topological polar surface area (TPSA) is 55.6 Å². The fraction of sp³-hybridized carbons (Fsp3) is 0.300. The van der Waals surface area contributed by atoms with E-state index < -0.39 is 0 Å². The zero-order valence-electron chi connectivity index (χ0n) is 8.48. The van der Waals surface area contributed by atoms with Crippen molar-refractivity contribution in [2.24, 2.45) is 5.73 Å². The summed E-state index contributed by atoms with van der Waals surface area (Å²) in [5, 5.41) is 0.617. The molecule has 0 aromatic heterocycles. The number of carbonyl (C=O) groups is 1. The maximum absolute atomic E-state index is 11.4. The number of hydrogen-bond donors (Lipinski definition) is 1. The Hall–Kier alpha value is -0.970. The van der Waals surface area contributed by atoms with Gasteiger partial charge in [-0.25, -0.2) is 4.79 Å². The van der Waals surface area contributed by atoms with Crippen LogP contribution in [0.1, 0.15) is 5.56 Å². The molecular weight excluding hydrogens is 251 g/mol. The molecular formula is C10H12Cl2N2O2. The van der Waals surface area contributed by atoms with Gasteiger partial charge in [0.25, 0.3) is 0 Å². The minimum absolute atomic E-state index is 0. The van der Waals surface area contributed by atoms with Crippen LogP contribution in [0.3, 0.4) is 0 Å². The third-order valence-electron chi connectivity index (χ3n) is 2.31. The Bertz CT molecular complexity index is 398. The number of halogens is 2. The Labute approximate surface area is 105 Å². The van der Waals surface area contributed by atoms with Crippen molar-refractivity contribution < 1.29 is 9.53 Å². The van der Waals surface area contributed by atoms with Crippen molar-refractivity contribution in [3.63, 3.8) is 0 Å². The first-order valence-electron chi connectivity index (χ1n) is 4.65. The van der Waals surface area contributed by atoms with Gasteiger partial charge in [0.05, 0.1) is 12.2 Å². The highest BCUT2D eigenvalue weighted by atomic mass is 35.5. The number of amides is 1. The standard InChI is InChI=1S/C10H11ClN2O2.ClH/c11-8-1-2-9(7(5-8)6-12)13-3-4-15-10(13)14;/h1-2,5H,3-4,6,12H2;1H. The third kappa shape index (κ3) is 2.40. The molecule has 0 atom stereocenters. The fourth-order valence-corrected chi connectivity index (χ4v) is 1.79. The van der Waals surface area contributed by atoms with Gasteiger partial charge in [0.15, 0.2) is 0 Å². The Kier molecular flexibility index (Phi) is 4.41. The van der Waals surface area contributed by atoms with E-state index in [1.807, 2.05) is 0 Å². The van der Waals surface area contributed by atoms with Gasteiger partial charge in [0.2, 0.25) is 0 Å². The average molecular weight is 263 g/mol. The molecule has 1 aliphatic heterocycles. The highest BCUT2D eigenvalue weighted by Gasteiger charge is 2.25. The van der Waals surface area contributed by atoms with E-state index in [-0.39, 0.29) is 18.5 Å². The van der Waals surface area contributed by atoms with Crippen LogP contribution in [0, 0.1) is 0 Å². The second-order valence-electron chi connectivity index (χ2n) is 3.24. The van der Waals surface area contributed by atoms with Gasteiger partial charge in [-0.2, -0.15) is 0 Å². The molecule has 1 aliphatic rings.